The Morgan fingerprint density at radius 3 is 2.88 bits per heavy atom. The molecule has 1 amide bonds. The molecule has 1 unspecified atom stereocenters. The first-order chi connectivity index (χ1) is 8.08. The standard InChI is InChI=1S/C12H17BrN2O2/c1-8(6-14)12(16)15-7-9-5-10(13)3-4-11(9)17-2/h3-5,8H,6-7,14H2,1-2H3,(H,15,16). The van der Waals surface area contributed by atoms with Gasteiger partial charge in [0.15, 0.2) is 0 Å². The Morgan fingerprint density at radius 2 is 2.29 bits per heavy atom. The zero-order valence-electron chi connectivity index (χ0n) is 10.00. The number of nitrogens with one attached hydrogen (secondary N) is 1. The predicted octanol–water partition coefficient (Wildman–Crippen LogP) is 1.67. The fourth-order valence-corrected chi connectivity index (χ4v) is 1.76. The molecule has 17 heavy (non-hydrogen) atoms. The lowest BCUT2D eigenvalue weighted by atomic mass is 10.1. The maximum atomic E-state index is 11.6. The molecule has 0 aromatic heterocycles. The monoisotopic (exact) mass is 300 g/mol. The molecule has 1 aromatic rings. The van der Waals surface area contributed by atoms with Crippen LogP contribution in [0.5, 0.6) is 5.75 Å². The van der Waals surface area contributed by atoms with Gasteiger partial charge in [-0.3, -0.25) is 4.79 Å². The maximum absolute atomic E-state index is 11.6. The molecule has 0 saturated carbocycles. The second-order valence-corrected chi connectivity index (χ2v) is 4.73. The first kappa shape index (κ1) is 14.0. The van der Waals surface area contributed by atoms with Crippen molar-refractivity contribution in [1.29, 1.82) is 0 Å². The minimum atomic E-state index is -0.173. The molecule has 0 aliphatic rings. The average molecular weight is 301 g/mol. The van der Waals surface area contributed by atoms with Crippen molar-refractivity contribution in [3.63, 3.8) is 0 Å². The summed E-state index contributed by atoms with van der Waals surface area (Å²) in [5.74, 6) is 0.538. The molecule has 0 saturated heterocycles. The van der Waals surface area contributed by atoms with E-state index in [1.54, 1.807) is 14.0 Å². The van der Waals surface area contributed by atoms with Crippen LogP contribution in [0.1, 0.15) is 12.5 Å². The molecular weight excluding hydrogens is 284 g/mol. The second kappa shape index (κ2) is 6.61. The van der Waals surface area contributed by atoms with E-state index in [2.05, 4.69) is 21.2 Å². The van der Waals surface area contributed by atoms with Crippen molar-refractivity contribution in [2.45, 2.75) is 13.5 Å². The SMILES string of the molecule is COc1ccc(Br)cc1CNC(=O)C(C)CN. The lowest BCUT2D eigenvalue weighted by Crippen LogP contribution is -2.32. The molecule has 0 heterocycles. The van der Waals surface area contributed by atoms with E-state index in [1.165, 1.54) is 0 Å². The van der Waals surface area contributed by atoms with E-state index >= 15 is 0 Å². The number of ether oxygens (including phenoxy) is 1. The number of halogens is 1. The van der Waals surface area contributed by atoms with Crippen LogP contribution in [0.3, 0.4) is 0 Å². The fourth-order valence-electron chi connectivity index (χ4n) is 1.35. The molecule has 3 N–H and O–H groups in total. The number of amides is 1. The highest BCUT2D eigenvalue weighted by atomic mass is 79.9. The van der Waals surface area contributed by atoms with E-state index in [9.17, 15) is 4.79 Å². The third kappa shape index (κ3) is 4.02. The zero-order valence-corrected chi connectivity index (χ0v) is 11.6. The predicted molar refractivity (Wildman–Crippen MR) is 70.8 cm³/mol. The topological polar surface area (TPSA) is 64.3 Å². The van der Waals surface area contributed by atoms with Gasteiger partial charge in [-0.25, -0.2) is 0 Å². The molecule has 0 aliphatic heterocycles. The van der Waals surface area contributed by atoms with E-state index in [4.69, 9.17) is 10.5 Å². The van der Waals surface area contributed by atoms with Crippen molar-refractivity contribution in [1.82, 2.24) is 5.32 Å². The Kier molecular flexibility index (Phi) is 5.44. The Bertz CT molecular complexity index is 396. The third-order valence-corrected chi connectivity index (χ3v) is 2.99. The van der Waals surface area contributed by atoms with E-state index < -0.39 is 0 Å². The van der Waals surface area contributed by atoms with Gasteiger partial charge in [0.1, 0.15) is 5.75 Å². The minimum Gasteiger partial charge on any atom is -0.496 e. The van der Waals surface area contributed by atoms with Crippen molar-refractivity contribution in [2.75, 3.05) is 13.7 Å². The summed E-state index contributed by atoms with van der Waals surface area (Å²) < 4.78 is 6.18. The zero-order chi connectivity index (χ0) is 12.8. The minimum absolute atomic E-state index is 0.0467. The van der Waals surface area contributed by atoms with Crippen LogP contribution in [0.25, 0.3) is 0 Å². The van der Waals surface area contributed by atoms with Crippen molar-refractivity contribution in [3.8, 4) is 5.75 Å². The molecule has 5 heteroatoms. The van der Waals surface area contributed by atoms with Crippen molar-refractivity contribution in [3.05, 3.63) is 28.2 Å². The summed E-state index contributed by atoms with van der Waals surface area (Å²) in [7, 11) is 1.61. The highest BCUT2D eigenvalue weighted by molar-refractivity contribution is 9.10. The van der Waals surface area contributed by atoms with Gasteiger partial charge in [0.05, 0.1) is 7.11 Å². The van der Waals surface area contributed by atoms with Crippen LogP contribution in [0, 0.1) is 5.92 Å². The summed E-state index contributed by atoms with van der Waals surface area (Å²) >= 11 is 3.39. The molecule has 0 aliphatic carbocycles. The Hall–Kier alpha value is -1.07. The van der Waals surface area contributed by atoms with Crippen LogP contribution in [-0.4, -0.2) is 19.6 Å². The fraction of sp³-hybridized carbons (Fsp3) is 0.417. The quantitative estimate of drug-likeness (QED) is 0.869. The molecular formula is C12H17BrN2O2. The molecule has 1 rings (SSSR count). The van der Waals surface area contributed by atoms with E-state index in [1.807, 2.05) is 18.2 Å². The molecule has 0 spiro atoms. The molecule has 1 aromatic carbocycles. The maximum Gasteiger partial charge on any atom is 0.224 e. The van der Waals surface area contributed by atoms with Gasteiger partial charge in [-0.05, 0) is 18.2 Å². The number of hydrogen-bond donors (Lipinski definition) is 2. The summed E-state index contributed by atoms with van der Waals surface area (Å²) in [6, 6.07) is 5.68. The van der Waals surface area contributed by atoms with Gasteiger partial charge in [0, 0.05) is 29.0 Å². The first-order valence-corrected chi connectivity index (χ1v) is 6.18. The van der Waals surface area contributed by atoms with E-state index in [0.29, 0.717) is 13.1 Å². The molecule has 4 nitrogen and oxygen atoms in total. The summed E-state index contributed by atoms with van der Waals surface area (Å²) in [6.07, 6.45) is 0. The van der Waals surface area contributed by atoms with Gasteiger partial charge < -0.3 is 15.8 Å². The highest BCUT2D eigenvalue weighted by Crippen LogP contribution is 2.22. The largest absolute Gasteiger partial charge is 0.496 e. The summed E-state index contributed by atoms with van der Waals surface area (Å²) in [4.78, 5) is 11.6. The first-order valence-electron chi connectivity index (χ1n) is 5.38. The van der Waals surface area contributed by atoms with Crippen molar-refractivity contribution < 1.29 is 9.53 Å². The molecule has 0 radical (unpaired) electrons. The second-order valence-electron chi connectivity index (χ2n) is 3.81. The summed E-state index contributed by atoms with van der Waals surface area (Å²) in [5.41, 5.74) is 6.36. The van der Waals surface area contributed by atoms with Gasteiger partial charge in [-0.1, -0.05) is 22.9 Å². The van der Waals surface area contributed by atoms with E-state index in [0.717, 1.165) is 15.8 Å². The highest BCUT2D eigenvalue weighted by Gasteiger charge is 2.11. The summed E-state index contributed by atoms with van der Waals surface area (Å²) in [6.45, 7) is 2.58. The van der Waals surface area contributed by atoms with Crippen molar-refractivity contribution >= 4 is 21.8 Å². The number of rotatable bonds is 5. The Balaban J connectivity index is 2.68. The van der Waals surface area contributed by atoms with Crippen LogP contribution in [0.2, 0.25) is 0 Å². The number of hydrogen-bond acceptors (Lipinski definition) is 3. The number of carbonyl (C=O) groups excluding carboxylic acids is 1. The number of carbonyl (C=O) groups is 1. The molecule has 94 valence electrons. The Morgan fingerprint density at radius 1 is 1.59 bits per heavy atom. The number of benzene rings is 1. The smallest absolute Gasteiger partial charge is 0.224 e. The van der Waals surface area contributed by atoms with Crippen LogP contribution in [0.4, 0.5) is 0 Å². The number of methoxy groups -OCH3 is 1. The Labute approximate surface area is 110 Å². The third-order valence-electron chi connectivity index (χ3n) is 2.50. The van der Waals surface area contributed by atoms with Gasteiger partial charge in [0.2, 0.25) is 5.91 Å². The van der Waals surface area contributed by atoms with Crippen molar-refractivity contribution in [2.24, 2.45) is 11.7 Å². The number of nitrogens with two attached hydrogens (primary N) is 1. The van der Waals surface area contributed by atoms with Gasteiger partial charge in [-0.2, -0.15) is 0 Å². The van der Waals surface area contributed by atoms with Gasteiger partial charge in [-0.15, -0.1) is 0 Å². The molecule has 1 atom stereocenters. The van der Waals surface area contributed by atoms with Crippen LogP contribution >= 0.6 is 15.9 Å². The summed E-state index contributed by atoms with van der Waals surface area (Å²) in [5, 5.41) is 2.83. The molecule has 0 fully saturated rings. The van der Waals surface area contributed by atoms with Crippen LogP contribution in [-0.2, 0) is 11.3 Å². The van der Waals surface area contributed by atoms with E-state index in [-0.39, 0.29) is 11.8 Å². The average Bonchev–Trinajstić information content (AvgIpc) is 2.35. The lowest BCUT2D eigenvalue weighted by Gasteiger charge is -2.12. The lowest BCUT2D eigenvalue weighted by molar-refractivity contribution is -0.124. The molecule has 0 bridgehead atoms. The van der Waals surface area contributed by atoms with Gasteiger partial charge in [0.25, 0.3) is 0 Å². The van der Waals surface area contributed by atoms with Gasteiger partial charge >= 0.3 is 0 Å². The van der Waals surface area contributed by atoms with Crippen LogP contribution < -0.4 is 15.8 Å². The van der Waals surface area contributed by atoms with Crippen LogP contribution in [0.15, 0.2) is 22.7 Å². The normalized spacial score (nSPS) is 12.0.